The molecular formula is C21H22N4O2. The average molecular weight is 362 g/mol. The molecule has 1 fully saturated rings. The first-order valence-electron chi connectivity index (χ1n) is 9.12. The van der Waals surface area contributed by atoms with Gasteiger partial charge in [0.05, 0.1) is 41.2 Å². The van der Waals surface area contributed by atoms with Gasteiger partial charge in [0.2, 0.25) is 0 Å². The predicted octanol–water partition coefficient (Wildman–Crippen LogP) is 3.52. The number of carbonyl (C=O) groups is 1. The Labute approximate surface area is 158 Å². The molecule has 1 N–H and O–H groups in total. The molecule has 1 unspecified atom stereocenters. The highest BCUT2D eigenvalue weighted by atomic mass is 16.4. The first-order chi connectivity index (χ1) is 13.1. The lowest BCUT2D eigenvalue weighted by atomic mass is 10.1. The Morgan fingerprint density at radius 3 is 2.74 bits per heavy atom. The number of pyridine rings is 1. The highest BCUT2D eigenvalue weighted by molar-refractivity contribution is 5.87. The van der Waals surface area contributed by atoms with E-state index in [0.29, 0.717) is 5.56 Å². The van der Waals surface area contributed by atoms with Crippen molar-refractivity contribution in [2.45, 2.75) is 25.4 Å². The van der Waals surface area contributed by atoms with Crippen LogP contribution in [-0.4, -0.2) is 37.1 Å². The van der Waals surface area contributed by atoms with E-state index in [1.54, 1.807) is 18.5 Å². The molecule has 3 aromatic rings. The first-order valence-corrected chi connectivity index (χ1v) is 9.12. The normalized spacial score (nSPS) is 17.3. The Hall–Kier alpha value is -2.99. The summed E-state index contributed by atoms with van der Waals surface area (Å²) in [5.74, 6) is -0.892. The number of hydrogen-bond donors (Lipinski definition) is 1. The van der Waals surface area contributed by atoms with Crippen molar-refractivity contribution in [1.29, 1.82) is 0 Å². The van der Waals surface area contributed by atoms with Crippen LogP contribution in [0.15, 0.2) is 55.0 Å². The Kier molecular flexibility index (Phi) is 4.73. The highest BCUT2D eigenvalue weighted by Gasteiger charge is 2.27. The fraction of sp³-hybridized carbons (Fsp3) is 0.286. The molecule has 6 nitrogen and oxygen atoms in total. The maximum atomic E-state index is 11.0. The van der Waals surface area contributed by atoms with Crippen LogP contribution in [0.25, 0.3) is 11.4 Å². The van der Waals surface area contributed by atoms with Crippen LogP contribution in [0.4, 0.5) is 0 Å². The molecule has 6 heteroatoms. The molecule has 0 saturated carbocycles. The zero-order chi connectivity index (χ0) is 18.8. The third kappa shape index (κ3) is 3.61. The summed E-state index contributed by atoms with van der Waals surface area (Å²) < 4.78 is 1.97. The van der Waals surface area contributed by atoms with Gasteiger partial charge in [-0.15, -0.1) is 0 Å². The number of benzene rings is 1. The first kappa shape index (κ1) is 17.4. The summed E-state index contributed by atoms with van der Waals surface area (Å²) in [6, 6.07) is 13.6. The monoisotopic (exact) mass is 362 g/mol. The van der Waals surface area contributed by atoms with E-state index in [0.717, 1.165) is 48.6 Å². The van der Waals surface area contributed by atoms with Crippen LogP contribution in [0.3, 0.4) is 0 Å². The molecule has 3 heterocycles. The van der Waals surface area contributed by atoms with E-state index in [1.165, 1.54) is 0 Å². The molecule has 0 aliphatic carbocycles. The predicted molar refractivity (Wildman–Crippen MR) is 102 cm³/mol. The van der Waals surface area contributed by atoms with Gasteiger partial charge >= 0.3 is 5.97 Å². The van der Waals surface area contributed by atoms with Crippen LogP contribution < -0.4 is 0 Å². The van der Waals surface area contributed by atoms with Crippen molar-refractivity contribution in [1.82, 2.24) is 19.4 Å². The molecule has 0 spiro atoms. The van der Waals surface area contributed by atoms with Crippen molar-refractivity contribution >= 4 is 5.97 Å². The summed E-state index contributed by atoms with van der Waals surface area (Å²) in [6.45, 7) is 1.81. The molecule has 4 rings (SSSR count). The third-order valence-electron chi connectivity index (χ3n) is 5.14. The smallest absolute Gasteiger partial charge is 0.335 e. The number of likely N-dealkylation sites (tertiary alicyclic amines) is 1. The molecule has 138 valence electrons. The molecule has 0 bridgehead atoms. The van der Waals surface area contributed by atoms with E-state index in [2.05, 4.69) is 22.0 Å². The number of nitrogens with zero attached hydrogens (tertiary/aromatic N) is 4. The summed E-state index contributed by atoms with van der Waals surface area (Å²) in [6.07, 6.45) is 5.83. The minimum absolute atomic E-state index is 0.275. The van der Waals surface area contributed by atoms with Crippen LogP contribution in [0.1, 0.15) is 40.5 Å². The lowest BCUT2D eigenvalue weighted by molar-refractivity contribution is 0.0697. The Morgan fingerprint density at radius 1 is 1.22 bits per heavy atom. The number of aryl methyl sites for hydroxylation is 1. The second-order valence-electron chi connectivity index (χ2n) is 6.97. The Balaban J connectivity index is 1.55. The lowest BCUT2D eigenvalue weighted by Gasteiger charge is -2.24. The van der Waals surface area contributed by atoms with Gasteiger partial charge in [-0.05, 0) is 49.2 Å². The van der Waals surface area contributed by atoms with Crippen LogP contribution in [0, 0.1) is 0 Å². The molecule has 1 atom stereocenters. The van der Waals surface area contributed by atoms with Crippen molar-refractivity contribution in [3.63, 3.8) is 0 Å². The second kappa shape index (κ2) is 7.32. The molecule has 1 aromatic carbocycles. The minimum atomic E-state index is -0.892. The number of rotatable bonds is 5. The van der Waals surface area contributed by atoms with E-state index < -0.39 is 5.97 Å². The minimum Gasteiger partial charge on any atom is -0.478 e. The van der Waals surface area contributed by atoms with Crippen molar-refractivity contribution in [2.75, 3.05) is 6.54 Å². The van der Waals surface area contributed by atoms with Gasteiger partial charge in [0.25, 0.3) is 0 Å². The molecule has 0 amide bonds. The summed E-state index contributed by atoms with van der Waals surface area (Å²) in [7, 11) is 1.97. The summed E-state index contributed by atoms with van der Waals surface area (Å²) in [4.78, 5) is 22.5. The zero-order valence-corrected chi connectivity index (χ0v) is 15.2. The van der Waals surface area contributed by atoms with Crippen LogP contribution in [0.2, 0.25) is 0 Å². The number of carboxylic acids is 1. The summed E-state index contributed by atoms with van der Waals surface area (Å²) in [5, 5.41) is 9.05. The molecule has 0 radical (unpaired) electrons. The fourth-order valence-electron chi connectivity index (χ4n) is 3.72. The molecule has 1 aliphatic heterocycles. The molecule has 27 heavy (non-hydrogen) atoms. The Morgan fingerprint density at radius 2 is 2.04 bits per heavy atom. The number of aromatic carboxylic acids is 1. The van der Waals surface area contributed by atoms with Gasteiger partial charge in [0.15, 0.2) is 0 Å². The number of hydrogen-bond acceptors (Lipinski definition) is 4. The maximum Gasteiger partial charge on any atom is 0.335 e. The molecule has 1 aliphatic rings. The van der Waals surface area contributed by atoms with Crippen molar-refractivity contribution < 1.29 is 9.90 Å². The van der Waals surface area contributed by atoms with E-state index in [9.17, 15) is 4.79 Å². The van der Waals surface area contributed by atoms with Gasteiger partial charge < -0.3 is 9.67 Å². The summed E-state index contributed by atoms with van der Waals surface area (Å²) >= 11 is 0. The highest BCUT2D eigenvalue weighted by Crippen LogP contribution is 2.33. The van der Waals surface area contributed by atoms with Crippen molar-refractivity contribution in [3.05, 3.63) is 71.8 Å². The second-order valence-corrected chi connectivity index (χ2v) is 6.97. The molecule has 2 aromatic heterocycles. The molecular weight excluding hydrogens is 340 g/mol. The summed E-state index contributed by atoms with van der Waals surface area (Å²) in [5.41, 5.74) is 4.46. The number of imidazole rings is 1. The Bertz CT molecular complexity index is 949. The number of carboxylic acid groups (broad SMARTS) is 1. The lowest BCUT2D eigenvalue weighted by Crippen LogP contribution is -2.23. The van der Waals surface area contributed by atoms with Crippen molar-refractivity contribution in [2.24, 2.45) is 7.05 Å². The maximum absolute atomic E-state index is 11.0. The van der Waals surface area contributed by atoms with Crippen LogP contribution in [0.5, 0.6) is 0 Å². The van der Waals surface area contributed by atoms with Crippen LogP contribution in [-0.2, 0) is 13.6 Å². The van der Waals surface area contributed by atoms with Gasteiger partial charge in [-0.25, -0.2) is 14.8 Å². The van der Waals surface area contributed by atoms with Crippen LogP contribution >= 0.6 is 0 Å². The quantitative estimate of drug-likeness (QED) is 0.752. The SMILES string of the molecule is Cn1cncc1-c1cccc(C2CCCN2Cc2ccc(C(=O)O)cc2)n1. The van der Waals surface area contributed by atoms with Gasteiger partial charge in [0, 0.05) is 13.6 Å². The average Bonchev–Trinajstić information content (AvgIpc) is 3.31. The fourth-order valence-corrected chi connectivity index (χ4v) is 3.72. The largest absolute Gasteiger partial charge is 0.478 e. The third-order valence-corrected chi connectivity index (χ3v) is 5.14. The topological polar surface area (TPSA) is 71.2 Å². The van der Waals surface area contributed by atoms with Gasteiger partial charge in [-0.2, -0.15) is 0 Å². The van der Waals surface area contributed by atoms with Gasteiger partial charge in [-0.3, -0.25) is 4.90 Å². The number of aromatic nitrogens is 3. The van der Waals surface area contributed by atoms with E-state index in [-0.39, 0.29) is 6.04 Å². The van der Waals surface area contributed by atoms with Gasteiger partial charge in [0.1, 0.15) is 0 Å². The zero-order valence-electron chi connectivity index (χ0n) is 15.2. The van der Waals surface area contributed by atoms with Crippen molar-refractivity contribution in [3.8, 4) is 11.4 Å². The van der Waals surface area contributed by atoms with E-state index in [4.69, 9.17) is 10.1 Å². The molecule has 1 saturated heterocycles. The van der Waals surface area contributed by atoms with E-state index in [1.807, 2.05) is 36.0 Å². The van der Waals surface area contributed by atoms with E-state index >= 15 is 0 Å². The standard InChI is InChI=1S/C21H22N4O2/c1-24-14-22-12-20(24)18-5-2-4-17(23-18)19-6-3-11-25(19)13-15-7-9-16(10-8-15)21(26)27/h2,4-5,7-10,12,14,19H,3,6,11,13H2,1H3,(H,26,27). The van der Waals surface area contributed by atoms with Gasteiger partial charge in [-0.1, -0.05) is 18.2 Å².